The zero-order valence-electron chi connectivity index (χ0n) is 12.6. The molecule has 1 unspecified atom stereocenters. The summed E-state index contributed by atoms with van der Waals surface area (Å²) < 4.78 is 0. The van der Waals surface area contributed by atoms with Crippen LogP contribution in [0.25, 0.3) is 10.9 Å². The molecule has 0 bridgehead atoms. The van der Waals surface area contributed by atoms with Gasteiger partial charge in [0.25, 0.3) is 5.91 Å². The van der Waals surface area contributed by atoms with Crippen molar-refractivity contribution in [3.05, 3.63) is 41.0 Å². The molecular weight excluding hydrogens is 286 g/mol. The smallest absolute Gasteiger partial charge is 0.275 e. The van der Waals surface area contributed by atoms with Gasteiger partial charge in [-0.15, -0.1) is 0 Å². The quantitative estimate of drug-likeness (QED) is 0.821. The normalized spacial score (nSPS) is 12.6. The van der Waals surface area contributed by atoms with Gasteiger partial charge < -0.3 is 10.2 Å². The highest BCUT2D eigenvalue weighted by Gasteiger charge is 2.14. The topological polar surface area (TPSA) is 46.4 Å². The van der Waals surface area contributed by atoms with E-state index in [1.165, 1.54) is 0 Å². The van der Waals surface area contributed by atoms with Crippen LogP contribution in [0.1, 0.15) is 19.4 Å². The van der Waals surface area contributed by atoms with Gasteiger partial charge in [0.1, 0.15) is 11.7 Å². The highest BCUT2D eigenvalue weighted by Crippen LogP contribution is 2.19. The largest absolute Gasteiger partial charge is 0.349 e. The van der Waals surface area contributed by atoms with Gasteiger partial charge >= 0.3 is 0 Å². The molecule has 1 aromatic carbocycles. The Balaban J connectivity index is 2.08. The Morgan fingerprint density at radius 3 is 2.81 bits per heavy atom. The number of benzene rings is 1. The van der Waals surface area contributed by atoms with Gasteiger partial charge in [-0.3, -0.25) is 4.79 Å². The molecule has 1 amide bonds. The minimum absolute atomic E-state index is 0.0485. The van der Waals surface area contributed by atoms with Crippen molar-refractivity contribution in [2.45, 2.75) is 26.4 Å². The second-order valence-electron chi connectivity index (χ2n) is 5.66. The maximum atomic E-state index is 11.8. The zero-order valence-corrected chi connectivity index (χ0v) is 13.4. The Hall–Kier alpha value is -1.65. The molecule has 5 heteroatoms. The molecule has 0 fully saturated rings. The van der Waals surface area contributed by atoms with Crippen LogP contribution in [-0.4, -0.2) is 30.5 Å². The number of para-hydroxylation sites is 1. The third-order valence-electron chi connectivity index (χ3n) is 3.15. The van der Waals surface area contributed by atoms with E-state index in [1.54, 1.807) is 0 Å². The second-order valence-corrected chi connectivity index (χ2v) is 6.02. The molecule has 0 saturated carbocycles. The number of hydrogen-bond acceptors (Lipinski definition) is 2. The standard InChI is InChI=1S/C16H20ClN3O/c1-11(2)18-15(21)10-20(3)9-13-8-12-6-4-5-7-14(12)19-16(13)17/h4-8,11H,9-10H2,1-3H3,(H,18,21)/p+1. The number of hydrogen-bond donors (Lipinski definition) is 2. The van der Waals surface area contributed by atoms with Crippen LogP contribution in [0.15, 0.2) is 30.3 Å². The van der Waals surface area contributed by atoms with Crippen LogP contribution in [0, 0.1) is 0 Å². The predicted octanol–water partition coefficient (Wildman–Crippen LogP) is 1.43. The predicted molar refractivity (Wildman–Crippen MR) is 85.5 cm³/mol. The van der Waals surface area contributed by atoms with E-state index in [0.717, 1.165) is 21.4 Å². The molecule has 0 aliphatic carbocycles. The van der Waals surface area contributed by atoms with Crippen molar-refractivity contribution in [1.82, 2.24) is 10.3 Å². The molecule has 1 heterocycles. The molecule has 112 valence electrons. The summed E-state index contributed by atoms with van der Waals surface area (Å²) in [5.74, 6) is 0.0485. The van der Waals surface area contributed by atoms with Crippen LogP contribution in [-0.2, 0) is 11.3 Å². The molecular formula is C16H21ClN3O+. The lowest BCUT2D eigenvalue weighted by atomic mass is 10.1. The van der Waals surface area contributed by atoms with Gasteiger partial charge in [0.05, 0.1) is 12.6 Å². The lowest BCUT2D eigenvalue weighted by Crippen LogP contribution is -3.09. The number of halogens is 1. The molecule has 0 aliphatic heterocycles. The van der Waals surface area contributed by atoms with E-state index in [0.29, 0.717) is 18.2 Å². The van der Waals surface area contributed by atoms with Crippen molar-refractivity contribution < 1.29 is 9.69 Å². The Bertz CT molecular complexity index is 642. The summed E-state index contributed by atoms with van der Waals surface area (Å²) in [6, 6.07) is 10.1. The van der Waals surface area contributed by atoms with E-state index < -0.39 is 0 Å². The van der Waals surface area contributed by atoms with Crippen LogP contribution in [0.5, 0.6) is 0 Å². The minimum atomic E-state index is 0.0485. The number of carbonyl (C=O) groups excluding carboxylic acids is 1. The van der Waals surface area contributed by atoms with Gasteiger partial charge in [0.2, 0.25) is 0 Å². The number of nitrogens with zero attached hydrogens (tertiary/aromatic N) is 1. The lowest BCUT2D eigenvalue weighted by Gasteiger charge is -2.16. The molecule has 1 atom stereocenters. The third-order valence-corrected chi connectivity index (χ3v) is 3.48. The SMILES string of the molecule is CC(C)NC(=O)C[NH+](C)Cc1cc2ccccc2nc1Cl. The molecule has 2 N–H and O–H groups in total. The third kappa shape index (κ3) is 4.41. The molecule has 1 aromatic heterocycles. The maximum absolute atomic E-state index is 11.8. The van der Waals surface area contributed by atoms with E-state index in [9.17, 15) is 4.79 Å². The second kappa shape index (κ2) is 6.87. The van der Waals surface area contributed by atoms with Crippen LogP contribution in [0.4, 0.5) is 0 Å². The Kier molecular flexibility index (Phi) is 5.15. The van der Waals surface area contributed by atoms with E-state index >= 15 is 0 Å². The van der Waals surface area contributed by atoms with Crippen LogP contribution in [0.3, 0.4) is 0 Å². The minimum Gasteiger partial charge on any atom is -0.349 e. The number of rotatable bonds is 5. The van der Waals surface area contributed by atoms with E-state index in [2.05, 4.69) is 16.4 Å². The van der Waals surface area contributed by atoms with Gasteiger partial charge in [-0.05, 0) is 26.0 Å². The van der Waals surface area contributed by atoms with Gasteiger partial charge in [-0.25, -0.2) is 4.98 Å². The highest BCUT2D eigenvalue weighted by molar-refractivity contribution is 6.30. The van der Waals surface area contributed by atoms with Crippen molar-refractivity contribution in [2.24, 2.45) is 0 Å². The molecule has 0 spiro atoms. The molecule has 4 nitrogen and oxygen atoms in total. The molecule has 0 radical (unpaired) electrons. The molecule has 0 saturated heterocycles. The summed E-state index contributed by atoms with van der Waals surface area (Å²) in [4.78, 5) is 17.3. The van der Waals surface area contributed by atoms with Crippen LogP contribution >= 0.6 is 11.6 Å². The average Bonchev–Trinajstić information content (AvgIpc) is 2.38. The fourth-order valence-corrected chi connectivity index (χ4v) is 2.51. The number of likely N-dealkylation sites (N-methyl/N-ethyl adjacent to an activating group) is 1. The zero-order chi connectivity index (χ0) is 15.4. The number of amides is 1. The molecule has 0 aliphatic rings. The van der Waals surface area contributed by atoms with E-state index in [1.807, 2.05) is 45.2 Å². The van der Waals surface area contributed by atoms with E-state index in [-0.39, 0.29) is 11.9 Å². The summed E-state index contributed by atoms with van der Waals surface area (Å²) in [5.41, 5.74) is 1.85. The summed E-state index contributed by atoms with van der Waals surface area (Å²) in [6.07, 6.45) is 0. The first-order chi connectivity index (χ1) is 9.95. The number of aromatic nitrogens is 1. The highest BCUT2D eigenvalue weighted by atomic mass is 35.5. The number of nitrogens with one attached hydrogen (secondary N) is 2. The first-order valence-corrected chi connectivity index (χ1v) is 7.48. The van der Waals surface area contributed by atoms with Gasteiger partial charge in [0.15, 0.2) is 6.54 Å². The first-order valence-electron chi connectivity index (χ1n) is 7.10. The van der Waals surface area contributed by atoms with Gasteiger partial charge in [-0.1, -0.05) is 29.8 Å². The van der Waals surface area contributed by atoms with Crippen LogP contribution < -0.4 is 10.2 Å². The molecule has 21 heavy (non-hydrogen) atoms. The Labute approximate surface area is 130 Å². The summed E-state index contributed by atoms with van der Waals surface area (Å²) in [7, 11) is 1.98. The fraction of sp³-hybridized carbons (Fsp3) is 0.375. The molecule has 2 rings (SSSR count). The van der Waals surface area contributed by atoms with Crippen molar-refractivity contribution in [2.75, 3.05) is 13.6 Å². The van der Waals surface area contributed by atoms with Crippen molar-refractivity contribution in [3.63, 3.8) is 0 Å². The first kappa shape index (κ1) is 15.7. The number of pyridine rings is 1. The Morgan fingerprint density at radius 1 is 1.38 bits per heavy atom. The number of quaternary nitrogens is 1. The number of fused-ring (bicyclic) bond motifs is 1. The summed E-state index contributed by atoms with van der Waals surface area (Å²) in [6.45, 7) is 5.00. The van der Waals surface area contributed by atoms with Gasteiger partial charge in [-0.2, -0.15) is 0 Å². The molecule has 2 aromatic rings. The average molecular weight is 307 g/mol. The van der Waals surface area contributed by atoms with Crippen molar-refractivity contribution in [3.8, 4) is 0 Å². The van der Waals surface area contributed by atoms with Crippen LogP contribution in [0.2, 0.25) is 5.15 Å². The summed E-state index contributed by atoms with van der Waals surface area (Å²) >= 11 is 6.24. The summed E-state index contributed by atoms with van der Waals surface area (Å²) in [5, 5.41) is 4.47. The van der Waals surface area contributed by atoms with Gasteiger partial charge in [0, 0.05) is 17.0 Å². The van der Waals surface area contributed by atoms with Crippen molar-refractivity contribution >= 4 is 28.4 Å². The monoisotopic (exact) mass is 306 g/mol. The fourth-order valence-electron chi connectivity index (χ4n) is 2.29. The number of carbonyl (C=O) groups is 1. The lowest BCUT2D eigenvalue weighted by molar-refractivity contribution is -0.885. The maximum Gasteiger partial charge on any atom is 0.275 e. The van der Waals surface area contributed by atoms with Crippen molar-refractivity contribution in [1.29, 1.82) is 0 Å². The van der Waals surface area contributed by atoms with E-state index in [4.69, 9.17) is 11.6 Å². The Morgan fingerprint density at radius 2 is 2.10 bits per heavy atom.